The van der Waals surface area contributed by atoms with Crippen molar-refractivity contribution in [3.8, 4) is 0 Å². The summed E-state index contributed by atoms with van der Waals surface area (Å²) in [5.41, 5.74) is 0.439. The molecule has 1 amide bonds. The molecule has 0 radical (unpaired) electrons. The van der Waals surface area contributed by atoms with Gasteiger partial charge in [0.25, 0.3) is 5.91 Å². The van der Waals surface area contributed by atoms with Crippen molar-refractivity contribution in [1.82, 2.24) is 5.32 Å². The second-order valence-electron chi connectivity index (χ2n) is 4.84. The number of aliphatic hydroxyl groups excluding tert-OH is 1. The van der Waals surface area contributed by atoms with E-state index >= 15 is 0 Å². The van der Waals surface area contributed by atoms with Crippen LogP contribution in [0.15, 0.2) is 30.3 Å². The van der Waals surface area contributed by atoms with Crippen LogP contribution >= 0.6 is 0 Å². The van der Waals surface area contributed by atoms with Gasteiger partial charge < -0.3 is 15.5 Å². The van der Waals surface area contributed by atoms with Gasteiger partial charge in [-0.05, 0) is 17.9 Å². The van der Waals surface area contributed by atoms with Gasteiger partial charge in [-0.1, -0.05) is 44.2 Å². The number of carboxylic acids is 1. The average Bonchev–Trinajstić information content (AvgIpc) is 2.37. The lowest BCUT2D eigenvalue weighted by atomic mass is 10.0. The Morgan fingerprint density at radius 1 is 1.21 bits per heavy atom. The predicted octanol–water partition coefficient (Wildman–Crippen LogP) is 1.34. The maximum atomic E-state index is 11.8. The third-order valence-electron chi connectivity index (χ3n) is 2.69. The maximum absolute atomic E-state index is 11.8. The number of hydrogen-bond acceptors (Lipinski definition) is 3. The van der Waals surface area contributed by atoms with Gasteiger partial charge in [0.05, 0.1) is 0 Å². The van der Waals surface area contributed by atoms with Crippen LogP contribution in [-0.2, 0) is 9.59 Å². The Labute approximate surface area is 112 Å². The lowest BCUT2D eigenvalue weighted by Crippen LogP contribution is -2.43. The van der Waals surface area contributed by atoms with Gasteiger partial charge in [-0.2, -0.15) is 0 Å². The van der Waals surface area contributed by atoms with Crippen molar-refractivity contribution in [2.45, 2.75) is 32.4 Å². The van der Waals surface area contributed by atoms with Crippen LogP contribution < -0.4 is 5.32 Å². The van der Waals surface area contributed by atoms with Crippen molar-refractivity contribution < 1.29 is 19.8 Å². The van der Waals surface area contributed by atoms with E-state index < -0.39 is 24.0 Å². The molecule has 1 aromatic rings. The molecule has 0 fully saturated rings. The minimum atomic E-state index is -1.35. The van der Waals surface area contributed by atoms with Crippen molar-refractivity contribution in [1.29, 1.82) is 0 Å². The molecule has 0 bridgehead atoms. The van der Waals surface area contributed by atoms with E-state index in [1.807, 2.05) is 13.8 Å². The zero-order chi connectivity index (χ0) is 14.4. The number of hydrogen-bond donors (Lipinski definition) is 3. The first-order valence-electron chi connectivity index (χ1n) is 6.18. The molecule has 0 heterocycles. The van der Waals surface area contributed by atoms with Gasteiger partial charge in [0.2, 0.25) is 0 Å². The van der Waals surface area contributed by atoms with E-state index in [0.717, 1.165) is 0 Å². The second-order valence-corrected chi connectivity index (χ2v) is 4.84. The van der Waals surface area contributed by atoms with Crippen LogP contribution in [0, 0.1) is 5.92 Å². The van der Waals surface area contributed by atoms with Gasteiger partial charge in [-0.25, -0.2) is 4.79 Å². The summed E-state index contributed by atoms with van der Waals surface area (Å²) < 4.78 is 0. The molecule has 1 rings (SSSR count). The molecule has 1 aromatic carbocycles. The number of benzene rings is 1. The summed E-state index contributed by atoms with van der Waals surface area (Å²) >= 11 is 0. The summed E-state index contributed by atoms with van der Waals surface area (Å²) in [5.74, 6) is -1.66. The number of aliphatic carboxylic acids is 1. The fourth-order valence-corrected chi connectivity index (χ4v) is 1.73. The number of nitrogens with one attached hydrogen (secondary N) is 1. The molecule has 5 nitrogen and oxygen atoms in total. The molecule has 0 aliphatic carbocycles. The molecule has 104 valence electrons. The first kappa shape index (κ1) is 15.2. The number of rotatable bonds is 6. The Bertz CT molecular complexity index is 430. The summed E-state index contributed by atoms with van der Waals surface area (Å²) in [6, 6.07) is 7.42. The largest absolute Gasteiger partial charge is 0.480 e. The predicted molar refractivity (Wildman–Crippen MR) is 70.4 cm³/mol. The molecular weight excluding hydrogens is 246 g/mol. The average molecular weight is 265 g/mol. The molecule has 3 N–H and O–H groups in total. The van der Waals surface area contributed by atoms with Crippen LogP contribution in [0.5, 0.6) is 0 Å². The molecule has 0 aliphatic heterocycles. The Kier molecular flexibility index (Phi) is 5.51. The van der Waals surface area contributed by atoms with Crippen molar-refractivity contribution in [2.75, 3.05) is 0 Å². The molecule has 1 unspecified atom stereocenters. The normalized spacial score (nSPS) is 13.9. The summed E-state index contributed by atoms with van der Waals surface area (Å²) in [7, 11) is 0. The highest BCUT2D eigenvalue weighted by Crippen LogP contribution is 2.13. The van der Waals surface area contributed by atoms with E-state index in [1.54, 1.807) is 30.3 Å². The summed E-state index contributed by atoms with van der Waals surface area (Å²) in [5, 5.41) is 21.2. The van der Waals surface area contributed by atoms with Crippen LogP contribution in [0.3, 0.4) is 0 Å². The van der Waals surface area contributed by atoms with Crippen LogP contribution in [-0.4, -0.2) is 28.1 Å². The SMILES string of the molecule is CC(C)CC(NC(=O)[C@@H](O)c1ccccc1)C(=O)O. The van der Waals surface area contributed by atoms with E-state index in [-0.39, 0.29) is 5.92 Å². The molecule has 0 saturated heterocycles. The number of carbonyl (C=O) groups is 2. The van der Waals surface area contributed by atoms with Crippen molar-refractivity contribution in [3.63, 3.8) is 0 Å². The first-order valence-corrected chi connectivity index (χ1v) is 6.18. The monoisotopic (exact) mass is 265 g/mol. The van der Waals surface area contributed by atoms with E-state index in [4.69, 9.17) is 5.11 Å². The highest BCUT2D eigenvalue weighted by Gasteiger charge is 2.25. The minimum Gasteiger partial charge on any atom is -0.480 e. The van der Waals surface area contributed by atoms with Crippen molar-refractivity contribution in [3.05, 3.63) is 35.9 Å². The van der Waals surface area contributed by atoms with Crippen LogP contribution in [0.1, 0.15) is 31.9 Å². The fourth-order valence-electron chi connectivity index (χ4n) is 1.73. The Morgan fingerprint density at radius 2 is 1.79 bits per heavy atom. The molecule has 0 aliphatic rings. The topological polar surface area (TPSA) is 86.6 Å². The first-order chi connectivity index (χ1) is 8.91. The van der Waals surface area contributed by atoms with Crippen LogP contribution in [0.25, 0.3) is 0 Å². The molecule has 0 aromatic heterocycles. The molecule has 0 spiro atoms. The summed E-state index contributed by atoms with van der Waals surface area (Å²) in [6.07, 6.45) is -1.03. The van der Waals surface area contributed by atoms with Gasteiger partial charge in [0, 0.05) is 0 Å². The molecule has 19 heavy (non-hydrogen) atoms. The highest BCUT2D eigenvalue weighted by atomic mass is 16.4. The fraction of sp³-hybridized carbons (Fsp3) is 0.429. The maximum Gasteiger partial charge on any atom is 0.326 e. The van der Waals surface area contributed by atoms with Crippen LogP contribution in [0.4, 0.5) is 0 Å². The van der Waals surface area contributed by atoms with E-state index in [1.165, 1.54) is 0 Å². The summed E-state index contributed by atoms with van der Waals surface area (Å²) in [6.45, 7) is 3.74. The van der Waals surface area contributed by atoms with Crippen molar-refractivity contribution in [2.24, 2.45) is 5.92 Å². The summed E-state index contributed by atoms with van der Waals surface area (Å²) in [4.78, 5) is 22.8. The number of carboxylic acid groups (broad SMARTS) is 1. The lowest BCUT2D eigenvalue weighted by molar-refractivity contribution is -0.144. The number of aliphatic hydroxyl groups is 1. The zero-order valence-electron chi connectivity index (χ0n) is 11.0. The standard InChI is InChI=1S/C14H19NO4/c1-9(2)8-11(14(18)19)15-13(17)12(16)10-6-4-3-5-7-10/h3-7,9,11-12,16H,8H2,1-2H3,(H,15,17)(H,18,19)/t11?,12-/m0/s1. The van der Waals surface area contributed by atoms with E-state index in [9.17, 15) is 14.7 Å². The van der Waals surface area contributed by atoms with Gasteiger partial charge in [0.15, 0.2) is 6.10 Å². The van der Waals surface area contributed by atoms with E-state index in [2.05, 4.69) is 5.32 Å². The third kappa shape index (κ3) is 4.71. The molecule has 5 heteroatoms. The Hall–Kier alpha value is -1.88. The van der Waals surface area contributed by atoms with Gasteiger partial charge in [-0.15, -0.1) is 0 Å². The Balaban J connectivity index is 2.69. The van der Waals surface area contributed by atoms with Crippen molar-refractivity contribution >= 4 is 11.9 Å². The van der Waals surface area contributed by atoms with Gasteiger partial charge >= 0.3 is 5.97 Å². The highest BCUT2D eigenvalue weighted by molar-refractivity contribution is 5.86. The second kappa shape index (κ2) is 6.89. The van der Waals surface area contributed by atoms with E-state index in [0.29, 0.717) is 12.0 Å². The molecular formula is C14H19NO4. The smallest absolute Gasteiger partial charge is 0.326 e. The zero-order valence-corrected chi connectivity index (χ0v) is 11.0. The van der Waals surface area contributed by atoms with Gasteiger partial charge in [-0.3, -0.25) is 4.79 Å². The number of carbonyl (C=O) groups excluding carboxylic acids is 1. The number of amides is 1. The Morgan fingerprint density at radius 3 is 2.26 bits per heavy atom. The lowest BCUT2D eigenvalue weighted by Gasteiger charge is -2.18. The third-order valence-corrected chi connectivity index (χ3v) is 2.69. The quantitative estimate of drug-likeness (QED) is 0.724. The van der Waals surface area contributed by atoms with Gasteiger partial charge in [0.1, 0.15) is 6.04 Å². The minimum absolute atomic E-state index is 0.135. The molecule has 0 saturated carbocycles. The molecule has 2 atom stereocenters. The van der Waals surface area contributed by atoms with Crippen LogP contribution in [0.2, 0.25) is 0 Å².